The van der Waals surface area contributed by atoms with E-state index in [1.54, 1.807) is 14.2 Å². The zero-order valence-corrected chi connectivity index (χ0v) is 12.9. The van der Waals surface area contributed by atoms with Gasteiger partial charge in [0.25, 0.3) is 0 Å². The monoisotopic (exact) mass is 285 g/mol. The van der Waals surface area contributed by atoms with Gasteiger partial charge in [0.15, 0.2) is 11.5 Å². The van der Waals surface area contributed by atoms with Crippen molar-refractivity contribution in [2.24, 2.45) is 5.92 Å². The SMILES string of the molecule is C=C1CN2Cc3cc(OC)c(OC)cc3[C@H]3CCC[C@@H]1[C@H]32. The molecular formula is C18H23NO2. The first-order valence-electron chi connectivity index (χ1n) is 7.89. The summed E-state index contributed by atoms with van der Waals surface area (Å²) in [7, 11) is 3.44. The predicted octanol–water partition coefficient (Wildman–Crippen LogP) is 3.34. The van der Waals surface area contributed by atoms with E-state index in [1.807, 2.05) is 0 Å². The fourth-order valence-electron chi connectivity index (χ4n) is 4.76. The van der Waals surface area contributed by atoms with Crippen LogP contribution in [0.25, 0.3) is 0 Å². The number of methoxy groups -OCH3 is 2. The molecule has 3 nitrogen and oxygen atoms in total. The second kappa shape index (κ2) is 4.77. The minimum Gasteiger partial charge on any atom is -0.493 e. The van der Waals surface area contributed by atoms with Crippen LogP contribution in [0, 0.1) is 5.92 Å². The van der Waals surface area contributed by atoms with Crippen LogP contribution in [-0.2, 0) is 6.54 Å². The largest absolute Gasteiger partial charge is 0.493 e. The van der Waals surface area contributed by atoms with E-state index in [0.717, 1.165) is 24.6 Å². The Bertz CT molecular complexity index is 595. The summed E-state index contributed by atoms with van der Waals surface area (Å²) in [6.07, 6.45) is 3.92. The van der Waals surface area contributed by atoms with Crippen molar-refractivity contribution in [2.75, 3.05) is 20.8 Å². The molecule has 3 heteroatoms. The van der Waals surface area contributed by atoms with Gasteiger partial charge in [-0.15, -0.1) is 0 Å². The highest BCUT2D eigenvalue weighted by Crippen LogP contribution is 2.51. The average molecular weight is 285 g/mol. The number of fused-ring (bicyclic) bond motifs is 2. The molecule has 3 aliphatic rings. The molecule has 1 aromatic rings. The summed E-state index contributed by atoms with van der Waals surface area (Å²) < 4.78 is 11.0. The predicted molar refractivity (Wildman–Crippen MR) is 83.0 cm³/mol. The highest BCUT2D eigenvalue weighted by molar-refractivity contribution is 5.51. The number of hydrogen-bond donors (Lipinski definition) is 0. The van der Waals surface area contributed by atoms with Crippen molar-refractivity contribution in [1.82, 2.24) is 4.90 Å². The Morgan fingerprint density at radius 1 is 1.05 bits per heavy atom. The van der Waals surface area contributed by atoms with Crippen LogP contribution in [-0.4, -0.2) is 31.7 Å². The lowest BCUT2D eigenvalue weighted by Gasteiger charge is -2.43. The van der Waals surface area contributed by atoms with Gasteiger partial charge in [0, 0.05) is 25.0 Å². The lowest BCUT2D eigenvalue weighted by molar-refractivity contribution is 0.135. The van der Waals surface area contributed by atoms with Gasteiger partial charge in [0.05, 0.1) is 14.2 Å². The fourth-order valence-corrected chi connectivity index (χ4v) is 4.76. The van der Waals surface area contributed by atoms with Crippen molar-refractivity contribution < 1.29 is 9.47 Å². The molecule has 4 rings (SSSR count). The number of nitrogens with zero attached hydrogens (tertiary/aromatic N) is 1. The van der Waals surface area contributed by atoms with Gasteiger partial charge in [0.1, 0.15) is 0 Å². The van der Waals surface area contributed by atoms with Crippen LogP contribution in [0.5, 0.6) is 11.5 Å². The van der Waals surface area contributed by atoms with Crippen LogP contribution in [0.1, 0.15) is 36.3 Å². The third kappa shape index (κ3) is 1.83. The van der Waals surface area contributed by atoms with Gasteiger partial charge in [-0.2, -0.15) is 0 Å². The molecule has 0 bridgehead atoms. The molecule has 2 fully saturated rings. The Kier molecular flexibility index (Phi) is 3.00. The average Bonchev–Trinajstić information content (AvgIpc) is 2.84. The third-order valence-corrected chi connectivity index (χ3v) is 5.63. The molecule has 1 aliphatic carbocycles. The van der Waals surface area contributed by atoms with Crippen molar-refractivity contribution in [1.29, 1.82) is 0 Å². The molecule has 0 unspecified atom stereocenters. The highest BCUT2D eigenvalue weighted by Gasteiger charge is 2.47. The van der Waals surface area contributed by atoms with E-state index in [1.165, 1.54) is 36.0 Å². The molecule has 1 saturated carbocycles. The summed E-state index contributed by atoms with van der Waals surface area (Å²) in [5.74, 6) is 3.04. The van der Waals surface area contributed by atoms with E-state index in [9.17, 15) is 0 Å². The van der Waals surface area contributed by atoms with Crippen LogP contribution in [0.3, 0.4) is 0 Å². The van der Waals surface area contributed by atoms with Crippen molar-refractivity contribution in [3.05, 3.63) is 35.4 Å². The second-order valence-electron chi connectivity index (χ2n) is 6.60. The lowest BCUT2D eigenvalue weighted by atomic mass is 9.70. The molecule has 21 heavy (non-hydrogen) atoms. The summed E-state index contributed by atoms with van der Waals surface area (Å²) in [5.41, 5.74) is 4.33. The van der Waals surface area contributed by atoms with Gasteiger partial charge in [-0.25, -0.2) is 0 Å². The first-order chi connectivity index (χ1) is 10.2. The molecule has 0 N–H and O–H groups in total. The topological polar surface area (TPSA) is 21.7 Å². The first-order valence-corrected chi connectivity index (χ1v) is 7.89. The lowest BCUT2D eigenvalue weighted by Crippen LogP contribution is -2.43. The Morgan fingerprint density at radius 3 is 2.52 bits per heavy atom. The molecule has 2 aliphatic heterocycles. The summed E-state index contributed by atoms with van der Waals surface area (Å²) in [4.78, 5) is 2.63. The van der Waals surface area contributed by atoms with Crippen molar-refractivity contribution in [2.45, 2.75) is 37.8 Å². The van der Waals surface area contributed by atoms with E-state index in [4.69, 9.17) is 9.47 Å². The molecule has 112 valence electrons. The molecule has 0 radical (unpaired) electrons. The summed E-state index contributed by atoms with van der Waals surface area (Å²) in [5, 5.41) is 0. The van der Waals surface area contributed by atoms with Crippen molar-refractivity contribution >= 4 is 0 Å². The zero-order chi connectivity index (χ0) is 14.6. The van der Waals surface area contributed by atoms with E-state index in [2.05, 4.69) is 23.6 Å². The summed E-state index contributed by atoms with van der Waals surface area (Å²) in [6, 6.07) is 5.06. The minimum absolute atomic E-state index is 0.631. The maximum absolute atomic E-state index is 5.52. The maximum Gasteiger partial charge on any atom is 0.161 e. The third-order valence-electron chi connectivity index (χ3n) is 5.63. The fraction of sp³-hybridized carbons (Fsp3) is 0.556. The maximum atomic E-state index is 5.52. The minimum atomic E-state index is 0.631. The Hall–Kier alpha value is -1.48. The molecular weight excluding hydrogens is 262 g/mol. The van der Waals surface area contributed by atoms with Gasteiger partial charge in [-0.05, 0) is 42.0 Å². The Labute approximate surface area is 126 Å². The van der Waals surface area contributed by atoms with Crippen LogP contribution >= 0.6 is 0 Å². The molecule has 0 amide bonds. The second-order valence-corrected chi connectivity index (χ2v) is 6.60. The smallest absolute Gasteiger partial charge is 0.161 e. The number of benzene rings is 1. The molecule has 1 aromatic carbocycles. The first kappa shape index (κ1) is 13.2. The molecule has 0 aromatic heterocycles. The quantitative estimate of drug-likeness (QED) is 0.778. The highest BCUT2D eigenvalue weighted by atomic mass is 16.5. The van der Waals surface area contributed by atoms with Crippen LogP contribution in [0.15, 0.2) is 24.3 Å². The van der Waals surface area contributed by atoms with Gasteiger partial charge >= 0.3 is 0 Å². The number of rotatable bonds is 2. The number of ether oxygens (including phenoxy) is 2. The van der Waals surface area contributed by atoms with Gasteiger partial charge in [-0.1, -0.05) is 18.6 Å². The molecule has 3 atom stereocenters. The zero-order valence-electron chi connectivity index (χ0n) is 12.9. The normalized spacial score (nSPS) is 30.8. The van der Waals surface area contributed by atoms with Gasteiger partial charge < -0.3 is 9.47 Å². The van der Waals surface area contributed by atoms with Gasteiger partial charge in [-0.3, -0.25) is 4.90 Å². The molecule has 2 heterocycles. The van der Waals surface area contributed by atoms with E-state index < -0.39 is 0 Å². The van der Waals surface area contributed by atoms with Crippen LogP contribution in [0.4, 0.5) is 0 Å². The van der Waals surface area contributed by atoms with Gasteiger partial charge in [0.2, 0.25) is 0 Å². The van der Waals surface area contributed by atoms with E-state index in [-0.39, 0.29) is 0 Å². The van der Waals surface area contributed by atoms with E-state index >= 15 is 0 Å². The summed E-state index contributed by atoms with van der Waals surface area (Å²) in [6.45, 7) is 6.43. The van der Waals surface area contributed by atoms with E-state index in [0.29, 0.717) is 17.9 Å². The molecule has 1 saturated heterocycles. The van der Waals surface area contributed by atoms with Crippen LogP contribution < -0.4 is 9.47 Å². The summed E-state index contributed by atoms with van der Waals surface area (Å²) >= 11 is 0. The molecule has 0 spiro atoms. The standard InChI is InChI=1S/C18H23NO2/c1-11-9-19-10-12-7-16(20-2)17(21-3)8-15(12)14-6-4-5-13(11)18(14)19/h7-8,13-14,18H,1,4-6,9-10H2,2-3H3/t13-,14+,18+/m0/s1. The van der Waals surface area contributed by atoms with Crippen molar-refractivity contribution in [3.8, 4) is 11.5 Å². The van der Waals surface area contributed by atoms with Crippen LogP contribution in [0.2, 0.25) is 0 Å². The van der Waals surface area contributed by atoms with Crippen molar-refractivity contribution in [3.63, 3.8) is 0 Å². The Balaban J connectivity index is 1.82. The Morgan fingerprint density at radius 2 is 1.76 bits per heavy atom. The number of hydrogen-bond acceptors (Lipinski definition) is 3.